The van der Waals surface area contributed by atoms with Gasteiger partial charge in [-0.15, -0.1) is 0 Å². The molecule has 4 rings (SSSR count). The van der Waals surface area contributed by atoms with Gasteiger partial charge < -0.3 is 24.3 Å². The van der Waals surface area contributed by atoms with Crippen LogP contribution < -0.4 is 9.47 Å². The average molecular weight is 588 g/mol. The molecule has 0 aliphatic heterocycles. The third kappa shape index (κ3) is 8.04. The Morgan fingerprint density at radius 2 is 1.64 bits per heavy atom. The molecule has 2 N–H and O–H groups in total. The second-order valence-corrected chi connectivity index (χ2v) is 10.4. The summed E-state index contributed by atoms with van der Waals surface area (Å²) in [5.74, 6) is -0.231. The van der Waals surface area contributed by atoms with Crippen LogP contribution >= 0.6 is 11.6 Å². The van der Waals surface area contributed by atoms with Crippen molar-refractivity contribution in [2.45, 2.75) is 39.7 Å². The Labute approximate surface area is 250 Å². The summed E-state index contributed by atoms with van der Waals surface area (Å²) in [6.07, 6.45) is 8.89. The monoisotopic (exact) mass is 587 g/mol. The van der Waals surface area contributed by atoms with Crippen molar-refractivity contribution in [1.82, 2.24) is 4.57 Å². The summed E-state index contributed by atoms with van der Waals surface area (Å²) in [5.41, 5.74) is 5.52. The summed E-state index contributed by atoms with van der Waals surface area (Å²) < 4.78 is 13.4. The standard InChI is InChI=1S/C34H34ClNO6/c1-23-21-27(35)15-18-31(23)42-20-4-3-19-41-28-16-12-25(13-17-28)11-14-26-7-5-9-30-29(8-6-10-32(37)38)24(2)36(34(26)30)22-33(39)40/h3-5,7,9,11-18,21H,6,8,10,19-20,22H2,1-2H3,(H,37,38)(H,39,40)/b4-3+,14-11?. The van der Waals surface area contributed by atoms with E-state index in [-0.39, 0.29) is 13.0 Å². The van der Waals surface area contributed by atoms with Gasteiger partial charge in [-0.3, -0.25) is 9.59 Å². The van der Waals surface area contributed by atoms with Crippen molar-refractivity contribution in [3.8, 4) is 11.5 Å². The minimum absolute atomic E-state index is 0.0685. The van der Waals surface area contributed by atoms with Crippen LogP contribution in [-0.2, 0) is 22.6 Å². The van der Waals surface area contributed by atoms with Crippen LogP contribution in [0.4, 0.5) is 0 Å². The highest BCUT2D eigenvalue weighted by molar-refractivity contribution is 6.30. The molecule has 8 heteroatoms. The molecule has 0 atom stereocenters. The molecule has 218 valence electrons. The highest BCUT2D eigenvalue weighted by atomic mass is 35.5. The molecule has 7 nitrogen and oxygen atoms in total. The Morgan fingerprint density at radius 1 is 0.905 bits per heavy atom. The summed E-state index contributed by atoms with van der Waals surface area (Å²) in [5, 5.41) is 20.2. The second-order valence-electron chi connectivity index (χ2n) is 9.94. The quantitative estimate of drug-likeness (QED) is 0.116. The highest BCUT2D eigenvalue weighted by Crippen LogP contribution is 2.31. The van der Waals surface area contributed by atoms with E-state index in [0.29, 0.717) is 31.1 Å². The first-order valence-corrected chi connectivity index (χ1v) is 14.1. The number of carboxylic acids is 2. The van der Waals surface area contributed by atoms with Gasteiger partial charge in [0, 0.05) is 22.5 Å². The van der Waals surface area contributed by atoms with Crippen LogP contribution in [0.1, 0.15) is 40.8 Å². The summed E-state index contributed by atoms with van der Waals surface area (Å²) in [6.45, 7) is 4.53. The fourth-order valence-electron chi connectivity index (χ4n) is 4.89. The molecule has 1 heterocycles. The maximum atomic E-state index is 11.7. The van der Waals surface area contributed by atoms with Gasteiger partial charge in [0.05, 0.1) is 5.52 Å². The summed E-state index contributed by atoms with van der Waals surface area (Å²) >= 11 is 5.98. The first-order chi connectivity index (χ1) is 20.2. The van der Waals surface area contributed by atoms with E-state index >= 15 is 0 Å². The molecule has 0 bridgehead atoms. The van der Waals surface area contributed by atoms with E-state index in [1.54, 1.807) is 10.6 Å². The van der Waals surface area contributed by atoms with Gasteiger partial charge in [0.15, 0.2) is 0 Å². The number of carbonyl (C=O) groups is 2. The maximum absolute atomic E-state index is 11.7. The number of hydrogen-bond acceptors (Lipinski definition) is 4. The Balaban J connectivity index is 1.40. The number of fused-ring (bicyclic) bond motifs is 1. The number of benzene rings is 3. The van der Waals surface area contributed by atoms with Crippen LogP contribution in [-0.4, -0.2) is 39.9 Å². The van der Waals surface area contributed by atoms with Gasteiger partial charge in [-0.25, -0.2) is 0 Å². The van der Waals surface area contributed by atoms with Gasteiger partial charge in [0.2, 0.25) is 0 Å². The number of hydrogen-bond donors (Lipinski definition) is 2. The molecule has 0 saturated heterocycles. The highest BCUT2D eigenvalue weighted by Gasteiger charge is 2.18. The molecule has 3 aromatic carbocycles. The third-order valence-electron chi connectivity index (χ3n) is 6.94. The molecule has 0 unspecified atom stereocenters. The van der Waals surface area contributed by atoms with Crippen LogP contribution in [0.3, 0.4) is 0 Å². The lowest BCUT2D eigenvalue weighted by Crippen LogP contribution is -2.10. The number of para-hydroxylation sites is 1. The van der Waals surface area contributed by atoms with Crippen molar-refractivity contribution in [2.24, 2.45) is 0 Å². The fraction of sp³-hybridized carbons (Fsp3) is 0.235. The summed E-state index contributed by atoms with van der Waals surface area (Å²) in [6, 6.07) is 19.1. The van der Waals surface area contributed by atoms with E-state index in [1.807, 2.05) is 92.7 Å². The van der Waals surface area contributed by atoms with Crippen molar-refractivity contribution >= 4 is 46.6 Å². The van der Waals surface area contributed by atoms with Crippen LogP contribution in [0.2, 0.25) is 5.02 Å². The van der Waals surface area contributed by atoms with Crippen molar-refractivity contribution in [3.05, 3.63) is 106 Å². The van der Waals surface area contributed by atoms with Crippen LogP contribution in [0.25, 0.3) is 23.1 Å². The molecule has 0 amide bonds. The zero-order valence-corrected chi connectivity index (χ0v) is 24.4. The Kier molecular flexibility index (Phi) is 10.5. The molecule has 0 aliphatic carbocycles. The lowest BCUT2D eigenvalue weighted by atomic mass is 10.0. The van der Waals surface area contributed by atoms with Crippen LogP contribution in [0.5, 0.6) is 11.5 Å². The largest absolute Gasteiger partial charge is 0.490 e. The number of aryl methyl sites for hydroxylation is 2. The molecule has 0 aliphatic rings. The molecule has 0 spiro atoms. The van der Waals surface area contributed by atoms with Crippen molar-refractivity contribution < 1.29 is 29.3 Å². The zero-order valence-electron chi connectivity index (χ0n) is 23.7. The number of ether oxygens (including phenoxy) is 2. The number of aromatic nitrogens is 1. The Morgan fingerprint density at radius 3 is 2.33 bits per heavy atom. The van der Waals surface area contributed by atoms with Crippen molar-refractivity contribution in [1.29, 1.82) is 0 Å². The third-order valence-corrected chi connectivity index (χ3v) is 7.17. The van der Waals surface area contributed by atoms with Gasteiger partial charge >= 0.3 is 11.9 Å². The van der Waals surface area contributed by atoms with E-state index in [9.17, 15) is 14.7 Å². The molecule has 0 saturated carbocycles. The molecule has 0 fully saturated rings. The van der Waals surface area contributed by atoms with Crippen molar-refractivity contribution in [3.63, 3.8) is 0 Å². The average Bonchev–Trinajstić information content (AvgIpc) is 3.21. The van der Waals surface area contributed by atoms with Gasteiger partial charge in [0.25, 0.3) is 0 Å². The van der Waals surface area contributed by atoms with Crippen LogP contribution in [0.15, 0.2) is 72.8 Å². The molecular weight excluding hydrogens is 554 g/mol. The molecule has 42 heavy (non-hydrogen) atoms. The van der Waals surface area contributed by atoms with Gasteiger partial charge in [-0.1, -0.05) is 54.1 Å². The normalized spacial score (nSPS) is 11.5. The number of halogens is 1. The Hall–Kier alpha value is -4.49. The topological polar surface area (TPSA) is 98.0 Å². The van der Waals surface area contributed by atoms with Gasteiger partial charge in [-0.05, 0) is 91.4 Å². The van der Waals surface area contributed by atoms with Gasteiger partial charge in [0.1, 0.15) is 31.3 Å². The smallest absolute Gasteiger partial charge is 0.323 e. The second kappa shape index (κ2) is 14.4. The zero-order chi connectivity index (χ0) is 30.1. The minimum atomic E-state index is -0.930. The first-order valence-electron chi connectivity index (χ1n) is 13.7. The molecule has 1 aromatic heterocycles. The van der Waals surface area contributed by atoms with E-state index in [1.165, 1.54) is 0 Å². The van der Waals surface area contributed by atoms with E-state index in [2.05, 4.69) is 0 Å². The fourth-order valence-corrected chi connectivity index (χ4v) is 5.11. The van der Waals surface area contributed by atoms with E-state index in [4.69, 9.17) is 26.2 Å². The number of nitrogens with zero attached hydrogens (tertiary/aromatic N) is 1. The number of carboxylic acid groups (broad SMARTS) is 2. The molecule has 4 aromatic rings. The van der Waals surface area contributed by atoms with E-state index in [0.717, 1.165) is 50.3 Å². The molecule has 0 radical (unpaired) electrons. The maximum Gasteiger partial charge on any atom is 0.323 e. The van der Waals surface area contributed by atoms with E-state index < -0.39 is 11.9 Å². The Bertz CT molecular complexity index is 1620. The summed E-state index contributed by atoms with van der Waals surface area (Å²) in [4.78, 5) is 22.7. The summed E-state index contributed by atoms with van der Waals surface area (Å²) in [7, 11) is 0. The predicted molar refractivity (Wildman–Crippen MR) is 167 cm³/mol. The number of aliphatic carboxylic acids is 2. The first kappa shape index (κ1) is 30.5. The SMILES string of the molecule is Cc1cc(Cl)ccc1OC/C=C/COc1ccc(C=Cc2cccc3c(CCCC(=O)O)c(C)n(CC(=O)O)c23)cc1. The predicted octanol–water partition coefficient (Wildman–Crippen LogP) is 7.59. The number of rotatable bonds is 14. The van der Waals surface area contributed by atoms with Crippen molar-refractivity contribution in [2.75, 3.05) is 13.2 Å². The lowest BCUT2D eigenvalue weighted by Gasteiger charge is -2.08. The minimum Gasteiger partial charge on any atom is -0.490 e. The lowest BCUT2D eigenvalue weighted by molar-refractivity contribution is -0.138. The molecular formula is C34H34ClNO6. The van der Waals surface area contributed by atoms with Gasteiger partial charge in [-0.2, -0.15) is 0 Å². The van der Waals surface area contributed by atoms with Crippen LogP contribution in [0, 0.1) is 13.8 Å².